The predicted molar refractivity (Wildman–Crippen MR) is 103 cm³/mol. The zero-order chi connectivity index (χ0) is 19.5. The van der Waals surface area contributed by atoms with Crippen molar-refractivity contribution in [3.63, 3.8) is 0 Å². The molecule has 1 aromatic heterocycles. The molecule has 5 heteroatoms. The largest absolute Gasteiger partial charge is 0.492 e. The van der Waals surface area contributed by atoms with Crippen LogP contribution >= 0.6 is 0 Å². The number of nitrogens with zero attached hydrogens (tertiary/aromatic N) is 2. The molecule has 0 spiro atoms. The van der Waals surface area contributed by atoms with Crippen molar-refractivity contribution < 1.29 is 14.3 Å². The van der Waals surface area contributed by atoms with Crippen molar-refractivity contribution >= 4 is 5.78 Å². The summed E-state index contributed by atoms with van der Waals surface area (Å²) < 4.78 is 12.0. The first-order chi connectivity index (χ1) is 13.7. The van der Waals surface area contributed by atoms with Crippen LogP contribution < -0.4 is 9.47 Å². The molecule has 0 N–H and O–H groups in total. The van der Waals surface area contributed by atoms with Crippen molar-refractivity contribution in [2.45, 2.75) is 19.4 Å². The molecule has 1 aliphatic rings. The molecule has 0 saturated heterocycles. The number of ether oxygens (including phenoxy) is 2. The van der Waals surface area contributed by atoms with Gasteiger partial charge in [-0.1, -0.05) is 12.1 Å². The average Bonchev–Trinajstić information content (AvgIpc) is 2.73. The lowest BCUT2D eigenvalue weighted by Crippen LogP contribution is -2.16. The fourth-order valence-electron chi connectivity index (χ4n) is 3.27. The van der Waals surface area contributed by atoms with E-state index < -0.39 is 0 Å². The third-order valence-electron chi connectivity index (χ3n) is 4.78. The van der Waals surface area contributed by atoms with Gasteiger partial charge in [0.25, 0.3) is 0 Å². The van der Waals surface area contributed by atoms with Crippen molar-refractivity contribution in [3.05, 3.63) is 88.7 Å². The maximum atomic E-state index is 12.0. The van der Waals surface area contributed by atoms with Crippen LogP contribution in [0.5, 0.6) is 11.5 Å². The van der Waals surface area contributed by atoms with Crippen molar-refractivity contribution in [1.82, 2.24) is 4.98 Å². The van der Waals surface area contributed by atoms with Gasteiger partial charge in [-0.3, -0.25) is 9.78 Å². The third kappa shape index (κ3) is 3.45. The van der Waals surface area contributed by atoms with Gasteiger partial charge in [0.05, 0.1) is 23.8 Å². The van der Waals surface area contributed by atoms with Crippen molar-refractivity contribution in [1.29, 1.82) is 5.26 Å². The molecule has 0 fully saturated rings. The lowest BCUT2D eigenvalue weighted by Gasteiger charge is -2.23. The minimum absolute atomic E-state index is 0.0846. The number of Topliss-reactive ketones (excluding diaryl/α,β-unsaturated/α-hetero) is 1. The summed E-state index contributed by atoms with van der Waals surface area (Å²) in [6.45, 7) is 2.37. The summed E-state index contributed by atoms with van der Waals surface area (Å²) in [6, 6.07) is 16.7. The first kappa shape index (κ1) is 17.7. The van der Waals surface area contributed by atoms with E-state index in [9.17, 15) is 4.79 Å². The van der Waals surface area contributed by atoms with E-state index in [-0.39, 0.29) is 11.9 Å². The van der Waals surface area contributed by atoms with Crippen molar-refractivity contribution in [2.75, 3.05) is 6.61 Å². The summed E-state index contributed by atoms with van der Waals surface area (Å²) >= 11 is 0. The van der Waals surface area contributed by atoms with Gasteiger partial charge >= 0.3 is 0 Å². The summed E-state index contributed by atoms with van der Waals surface area (Å²) in [4.78, 5) is 16.2. The molecule has 28 heavy (non-hydrogen) atoms. The van der Waals surface area contributed by atoms with Crippen LogP contribution in [0.25, 0.3) is 0 Å². The number of fused-ring (bicyclic) bond motifs is 1. The Bertz CT molecular complexity index is 1070. The van der Waals surface area contributed by atoms with Gasteiger partial charge in [-0.05, 0) is 48.4 Å². The maximum absolute atomic E-state index is 12.0. The highest BCUT2D eigenvalue weighted by molar-refractivity contribution is 5.99. The highest BCUT2D eigenvalue weighted by Crippen LogP contribution is 2.34. The Kier molecular flexibility index (Phi) is 4.77. The fourth-order valence-corrected chi connectivity index (χ4v) is 3.27. The van der Waals surface area contributed by atoms with E-state index in [1.54, 1.807) is 42.7 Å². The number of nitriles is 1. The number of hydrogen-bond acceptors (Lipinski definition) is 5. The number of benzene rings is 2. The topological polar surface area (TPSA) is 72.2 Å². The van der Waals surface area contributed by atoms with E-state index in [0.29, 0.717) is 35.7 Å². The zero-order valence-electron chi connectivity index (χ0n) is 15.4. The van der Waals surface area contributed by atoms with Crippen LogP contribution in [0.2, 0.25) is 0 Å². The maximum Gasteiger partial charge on any atom is 0.169 e. The Balaban J connectivity index is 1.73. The van der Waals surface area contributed by atoms with E-state index in [1.165, 1.54) is 0 Å². The molecule has 4 rings (SSSR count). The van der Waals surface area contributed by atoms with E-state index in [0.717, 1.165) is 16.7 Å². The SMILES string of the molecule is Cc1cnccc1[C@H](Oc1ccc2c(c1)OCCC2=O)c1ccc(C#N)cc1. The fraction of sp³-hybridized carbons (Fsp3) is 0.174. The first-order valence-electron chi connectivity index (χ1n) is 9.03. The molecule has 0 radical (unpaired) electrons. The summed E-state index contributed by atoms with van der Waals surface area (Å²) in [5.41, 5.74) is 4.09. The molecule has 1 atom stereocenters. The number of carbonyl (C=O) groups excluding carboxylic acids is 1. The second kappa shape index (κ2) is 7.53. The lowest BCUT2D eigenvalue weighted by atomic mass is 9.98. The van der Waals surface area contributed by atoms with Crippen molar-refractivity contribution in [3.8, 4) is 17.6 Å². The van der Waals surface area contributed by atoms with Crippen LogP contribution in [0.15, 0.2) is 60.9 Å². The molecule has 1 aliphatic heterocycles. The molecule has 5 nitrogen and oxygen atoms in total. The molecule has 3 aromatic rings. The average molecular weight is 370 g/mol. The molecule has 0 amide bonds. The molecule has 0 saturated carbocycles. The molecular weight excluding hydrogens is 352 g/mol. The van der Waals surface area contributed by atoms with Crippen LogP contribution in [0.3, 0.4) is 0 Å². The molecule has 138 valence electrons. The Labute approximate surface area is 163 Å². The Morgan fingerprint density at radius 1 is 1.18 bits per heavy atom. The standard InChI is InChI=1S/C23H18N2O3/c1-15-14-25-10-8-19(15)23(17-4-2-16(13-24)3-5-17)28-18-6-7-20-21(26)9-11-27-22(20)12-18/h2-8,10,12,14,23H,9,11H2,1H3/t23-/m1/s1. The Morgan fingerprint density at radius 2 is 2.00 bits per heavy atom. The van der Waals surface area contributed by atoms with E-state index in [2.05, 4.69) is 11.1 Å². The molecule has 0 bridgehead atoms. The second-order valence-corrected chi connectivity index (χ2v) is 6.64. The summed E-state index contributed by atoms with van der Waals surface area (Å²) in [7, 11) is 0. The van der Waals surface area contributed by atoms with Gasteiger partial charge in [0, 0.05) is 30.4 Å². The number of ketones is 1. The Hall–Kier alpha value is -3.65. The van der Waals surface area contributed by atoms with Gasteiger partial charge in [0.1, 0.15) is 17.6 Å². The van der Waals surface area contributed by atoms with Crippen LogP contribution in [0.1, 0.15) is 45.1 Å². The van der Waals surface area contributed by atoms with Crippen LogP contribution in [-0.4, -0.2) is 17.4 Å². The van der Waals surface area contributed by atoms with Gasteiger partial charge in [-0.25, -0.2) is 0 Å². The normalized spacial score (nSPS) is 13.8. The molecular formula is C23H18N2O3. The molecule has 0 aliphatic carbocycles. The highest BCUT2D eigenvalue weighted by Gasteiger charge is 2.22. The summed E-state index contributed by atoms with van der Waals surface area (Å²) in [6.07, 6.45) is 3.55. The quantitative estimate of drug-likeness (QED) is 0.681. The van der Waals surface area contributed by atoms with Gasteiger partial charge in [-0.2, -0.15) is 5.26 Å². The van der Waals surface area contributed by atoms with E-state index >= 15 is 0 Å². The smallest absolute Gasteiger partial charge is 0.169 e. The van der Waals surface area contributed by atoms with Crippen LogP contribution in [0.4, 0.5) is 0 Å². The summed E-state index contributed by atoms with van der Waals surface area (Å²) in [5, 5.41) is 9.07. The molecule has 2 aromatic carbocycles. The zero-order valence-corrected chi connectivity index (χ0v) is 15.4. The number of carbonyl (C=O) groups is 1. The van der Waals surface area contributed by atoms with Gasteiger partial charge < -0.3 is 9.47 Å². The second-order valence-electron chi connectivity index (χ2n) is 6.64. The van der Waals surface area contributed by atoms with Gasteiger partial charge in [-0.15, -0.1) is 0 Å². The van der Waals surface area contributed by atoms with Gasteiger partial charge in [0.15, 0.2) is 5.78 Å². The number of hydrogen-bond donors (Lipinski definition) is 0. The van der Waals surface area contributed by atoms with Crippen molar-refractivity contribution in [2.24, 2.45) is 0 Å². The minimum Gasteiger partial charge on any atom is -0.492 e. The van der Waals surface area contributed by atoms with E-state index in [4.69, 9.17) is 14.7 Å². The van der Waals surface area contributed by atoms with Crippen LogP contribution in [0, 0.1) is 18.3 Å². The molecule has 2 heterocycles. The predicted octanol–water partition coefficient (Wildman–Crippen LogP) is 4.40. The monoisotopic (exact) mass is 370 g/mol. The number of aromatic nitrogens is 1. The Morgan fingerprint density at radius 3 is 2.75 bits per heavy atom. The van der Waals surface area contributed by atoms with Crippen LogP contribution in [-0.2, 0) is 0 Å². The third-order valence-corrected chi connectivity index (χ3v) is 4.78. The first-order valence-corrected chi connectivity index (χ1v) is 9.03. The lowest BCUT2D eigenvalue weighted by molar-refractivity contribution is 0.0933. The number of rotatable bonds is 4. The van der Waals surface area contributed by atoms with E-state index in [1.807, 2.05) is 25.1 Å². The van der Waals surface area contributed by atoms with Gasteiger partial charge in [0.2, 0.25) is 0 Å². The highest BCUT2D eigenvalue weighted by atomic mass is 16.5. The minimum atomic E-state index is -0.381. The molecule has 0 unspecified atom stereocenters. The number of aryl methyl sites for hydroxylation is 1. The number of pyridine rings is 1. The summed E-state index contributed by atoms with van der Waals surface area (Å²) in [5.74, 6) is 1.25.